The molecule has 0 radical (unpaired) electrons. The van der Waals surface area contributed by atoms with Crippen LogP contribution in [0.25, 0.3) is 11.0 Å². The summed E-state index contributed by atoms with van der Waals surface area (Å²) in [5.74, 6) is 0. The fourth-order valence-electron chi connectivity index (χ4n) is 5.00. The van der Waals surface area contributed by atoms with Gasteiger partial charge in [0.25, 0.3) is 0 Å². The second kappa shape index (κ2) is 10.6. The largest absolute Gasteiger partial charge is 0.337 e. The fourth-order valence-corrected chi connectivity index (χ4v) is 5.00. The van der Waals surface area contributed by atoms with Gasteiger partial charge in [-0.25, -0.2) is 9.59 Å². The number of carbonyl (C=O) groups excluding carboxylic acids is 1. The van der Waals surface area contributed by atoms with Crippen LogP contribution < -0.4 is 16.3 Å². The van der Waals surface area contributed by atoms with Crippen molar-refractivity contribution in [1.29, 1.82) is 0 Å². The lowest BCUT2D eigenvalue weighted by Crippen LogP contribution is -2.44. The summed E-state index contributed by atoms with van der Waals surface area (Å²) in [4.78, 5) is 30.5. The number of hydrogen-bond acceptors (Lipinski definition) is 3. The van der Waals surface area contributed by atoms with Crippen LogP contribution in [-0.2, 0) is 0 Å². The number of amides is 2. The fraction of sp³-hybridized carbons (Fsp3) is 0.286. The van der Waals surface area contributed by atoms with Crippen molar-refractivity contribution in [3.05, 3.63) is 107 Å². The zero-order chi connectivity index (χ0) is 24.0. The number of imidazole rings is 1. The van der Waals surface area contributed by atoms with Crippen molar-refractivity contribution in [3.8, 4) is 0 Å². The second-order valence-corrected chi connectivity index (χ2v) is 9.04. The van der Waals surface area contributed by atoms with E-state index in [0.717, 1.165) is 54.6 Å². The Morgan fingerprint density at radius 1 is 0.886 bits per heavy atom. The number of hydrogen-bond donors (Lipinski definition) is 3. The van der Waals surface area contributed by atoms with Crippen LogP contribution in [0, 0.1) is 0 Å². The Hall–Kier alpha value is -3.84. The lowest BCUT2D eigenvalue weighted by Gasteiger charge is -2.32. The summed E-state index contributed by atoms with van der Waals surface area (Å²) >= 11 is 0. The quantitative estimate of drug-likeness (QED) is 0.382. The first-order chi connectivity index (χ1) is 17.2. The summed E-state index contributed by atoms with van der Waals surface area (Å²) in [7, 11) is 0. The van der Waals surface area contributed by atoms with Gasteiger partial charge in [0.05, 0.1) is 17.1 Å². The Morgan fingerprint density at radius 2 is 1.49 bits per heavy atom. The van der Waals surface area contributed by atoms with E-state index >= 15 is 0 Å². The minimum absolute atomic E-state index is 0.0330. The van der Waals surface area contributed by atoms with Gasteiger partial charge in [0.2, 0.25) is 0 Å². The molecule has 0 unspecified atom stereocenters. The van der Waals surface area contributed by atoms with E-state index in [4.69, 9.17) is 0 Å². The van der Waals surface area contributed by atoms with Gasteiger partial charge in [0.15, 0.2) is 0 Å². The molecule has 7 nitrogen and oxygen atoms in total. The molecule has 2 heterocycles. The van der Waals surface area contributed by atoms with Crippen LogP contribution in [0.1, 0.15) is 36.1 Å². The molecule has 3 N–H and O–H groups in total. The average Bonchev–Trinajstić information content (AvgIpc) is 3.24. The Labute approximate surface area is 204 Å². The number of carbonyl (C=O) groups is 1. The summed E-state index contributed by atoms with van der Waals surface area (Å²) in [5.41, 5.74) is 3.92. The van der Waals surface area contributed by atoms with Gasteiger partial charge in [-0.15, -0.1) is 0 Å². The number of urea groups is 1. The predicted octanol–water partition coefficient (Wildman–Crippen LogP) is 4.06. The van der Waals surface area contributed by atoms with Gasteiger partial charge in [-0.05, 0) is 36.1 Å². The monoisotopic (exact) mass is 469 g/mol. The SMILES string of the molecule is O=C(NCCN1CCC(n2c(=O)[nH]c3ccccc32)CC1)NC(c1ccccc1)c1ccccc1. The van der Waals surface area contributed by atoms with Gasteiger partial charge in [0, 0.05) is 32.2 Å². The van der Waals surface area contributed by atoms with Crippen molar-refractivity contribution in [2.75, 3.05) is 26.2 Å². The zero-order valence-electron chi connectivity index (χ0n) is 19.7. The van der Waals surface area contributed by atoms with Crippen LogP contribution >= 0.6 is 0 Å². The molecule has 1 aliphatic heterocycles. The molecule has 0 saturated carbocycles. The number of aromatic nitrogens is 2. The lowest BCUT2D eigenvalue weighted by atomic mass is 9.99. The lowest BCUT2D eigenvalue weighted by molar-refractivity contribution is 0.186. The molecule has 2 amide bonds. The van der Waals surface area contributed by atoms with E-state index in [9.17, 15) is 9.59 Å². The van der Waals surface area contributed by atoms with Crippen molar-refractivity contribution >= 4 is 17.1 Å². The molecule has 1 fully saturated rings. The Kier molecular flexibility index (Phi) is 6.95. The molecule has 0 aliphatic carbocycles. The van der Waals surface area contributed by atoms with Crippen LogP contribution in [0.15, 0.2) is 89.7 Å². The Morgan fingerprint density at radius 3 is 2.14 bits per heavy atom. The first-order valence-corrected chi connectivity index (χ1v) is 12.2. The van der Waals surface area contributed by atoms with Gasteiger partial charge in [-0.3, -0.25) is 4.57 Å². The Bertz CT molecular complexity index is 1270. The van der Waals surface area contributed by atoms with E-state index in [1.54, 1.807) is 0 Å². The molecule has 1 aromatic heterocycles. The number of aromatic amines is 1. The highest BCUT2D eigenvalue weighted by atomic mass is 16.2. The molecule has 0 atom stereocenters. The zero-order valence-corrected chi connectivity index (χ0v) is 19.7. The van der Waals surface area contributed by atoms with Crippen molar-refractivity contribution in [2.45, 2.75) is 24.9 Å². The van der Waals surface area contributed by atoms with Crippen molar-refractivity contribution in [2.24, 2.45) is 0 Å². The van der Waals surface area contributed by atoms with E-state index in [2.05, 4.69) is 20.5 Å². The molecule has 3 aromatic carbocycles. The van der Waals surface area contributed by atoms with E-state index in [0.29, 0.717) is 6.54 Å². The number of likely N-dealkylation sites (tertiary alicyclic amines) is 1. The molecule has 5 rings (SSSR count). The molecule has 180 valence electrons. The number of nitrogens with one attached hydrogen (secondary N) is 3. The van der Waals surface area contributed by atoms with E-state index < -0.39 is 0 Å². The third-order valence-corrected chi connectivity index (χ3v) is 6.80. The number of rotatable bonds is 7. The summed E-state index contributed by atoms with van der Waals surface area (Å²) in [6, 6.07) is 27.7. The van der Waals surface area contributed by atoms with Crippen molar-refractivity contribution in [3.63, 3.8) is 0 Å². The van der Waals surface area contributed by atoms with Gasteiger partial charge in [-0.2, -0.15) is 0 Å². The van der Waals surface area contributed by atoms with Crippen molar-refractivity contribution in [1.82, 2.24) is 25.1 Å². The smallest absolute Gasteiger partial charge is 0.326 e. The van der Waals surface area contributed by atoms with Crippen LogP contribution in [0.2, 0.25) is 0 Å². The Balaban J connectivity index is 1.13. The number of piperidine rings is 1. The number of H-pyrrole nitrogens is 1. The summed E-state index contributed by atoms with van der Waals surface area (Å²) in [6.07, 6.45) is 1.83. The second-order valence-electron chi connectivity index (χ2n) is 9.04. The molecular formula is C28H31N5O2. The maximum absolute atomic E-state index is 12.7. The van der Waals surface area contributed by atoms with Gasteiger partial charge in [-0.1, -0.05) is 72.8 Å². The van der Waals surface area contributed by atoms with Crippen LogP contribution in [-0.4, -0.2) is 46.7 Å². The molecule has 0 spiro atoms. The maximum Gasteiger partial charge on any atom is 0.326 e. The summed E-state index contributed by atoms with van der Waals surface area (Å²) < 4.78 is 1.91. The molecule has 4 aromatic rings. The molecule has 7 heteroatoms. The minimum Gasteiger partial charge on any atom is -0.337 e. The van der Waals surface area contributed by atoms with Crippen LogP contribution in [0.3, 0.4) is 0 Å². The van der Waals surface area contributed by atoms with E-state index in [1.165, 1.54) is 0 Å². The van der Waals surface area contributed by atoms with Crippen LogP contribution in [0.4, 0.5) is 4.79 Å². The third-order valence-electron chi connectivity index (χ3n) is 6.80. The molecule has 0 bridgehead atoms. The van der Waals surface area contributed by atoms with Gasteiger partial charge in [0.1, 0.15) is 0 Å². The molecular weight excluding hydrogens is 438 g/mol. The standard InChI is InChI=1S/C28H31N5O2/c34-27(31-26(21-9-3-1-4-10-21)22-11-5-2-6-12-22)29-17-20-32-18-15-23(16-19-32)33-25-14-8-7-13-24(25)30-28(33)35/h1-14,23,26H,15-20H2,(H,30,35)(H2,29,31,34). The number of fused-ring (bicyclic) bond motifs is 1. The normalized spacial score (nSPS) is 14.9. The van der Waals surface area contributed by atoms with E-state index in [1.807, 2.05) is 89.5 Å². The topological polar surface area (TPSA) is 82.2 Å². The number of para-hydroxylation sites is 2. The van der Waals surface area contributed by atoms with Gasteiger partial charge >= 0.3 is 11.7 Å². The average molecular weight is 470 g/mol. The minimum atomic E-state index is -0.206. The summed E-state index contributed by atoms with van der Waals surface area (Å²) in [6.45, 7) is 3.15. The third kappa shape index (κ3) is 5.30. The van der Waals surface area contributed by atoms with Crippen LogP contribution in [0.5, 0.6) is 0 Å². The maximum atomic E-state index is 12.7. The summed E-state index contributed by atoms with van der Waals surface area (Å²) in [5, 5.41) is 6.15. The molecule has 1 aliphatic rings. The first-order valence-electron chi connectivity index (χ1n) is 12.2. The molecule has 35 heavy (non-hydrogen) atoms. The van der Waals surface area contributed by atoms with Crippen molar-refractivity contribution < 1.29 is 4.79 Å². The highest BCUT2D eigenvalue weighted by Crippen LogP contribution is 2.25. The highest BCUT2D eigenvalue weighted by molar-refractivity contribution is 5.75. The van der Waals surface area contributed by atoms with E-state index in [-0.39, 0.29) is 23.8 Å². The molecule has 1 saturated heterocycles. The van der Waals surface area contributed by atoms with Gasteiger partial charge < -0.3 is 20.5 Å². The number of benzene rings is 3. The number of nitrogens with zero attached hydrogens (tertiary/aromatic N) is 2. The first kappa shape index (κ1) is 22.9. The highest BCUT2D eigenvalue weighted by Gasteiger charge is 2.23. The predicted molar refractivity (Wildman–Crippen MR) is 139 cm³/mol.